The molecule has 0 saturated carbocycles. The predicted octanol–water partition coefficient (Wildman–Crippen LogP) is 2.67. The van der Waals surface area contributed by atoms with Gasteiger partial charge in [0.25, 0.3) is 0 Å². The Balaban J connectivity index is 2.66. The Labute approximate surface area is 85.9 Å². The molecule has 0 N–H and O–H groups in total. The average Bonchev–Trinajstić information content (AvgIpc) is 2.14. The van der Waals surface area contributed by atoms with Crippen LogP contribution >= 0.6 is 8.03 Å². The van der Waals surface area contributed by atoms with Crippen molar-refractivity contribution in [3.05, 3.63) is 29.8 Å². The number of alkyl halides is 3. The molecule has 0 saturated heterocycles. The third-order valence-corrected chi connectivity index (χ3v) is 3.14. The van der Waals surface area contributed by atoms with E-state index in [2.05, 4.69) is 4.52 Å². The molecule has 0 heterocycles. The Bertz CT molecular complexity index is 363. The Morgan fingerprint density at radius 1 is 1.33 bits per heavy atom. The highest BCUT2D eigenvalue weighted by Gasteiger charge is 2.28. The number of aryl methyl sites for hydroxylation is 1. The fourth-order valence-electron chi connectivity index (χ4n) is 1.03. The molecule has 1 aromatic rings. The third-order valence-electron chi connectivity index (χ3n) is 1.73. The zero-order valence-electron chi connectivity index (χ0n) is 7.97. The van der Waals surface area contributed by atoms with Gasteiger partial charge in [0.1, 0.15) is 6.61 Å². The summed E-state index contributed by atoms with van der Waals surface area (Å²) in [5.74, 6) is 0. The summed E-state index contributed by atoms with van der Waals surface area (Å²) in [5, 5.41) is 0.340. The number of hydrogen-bond donors (Lipinski definition) is 0. The van der Waals surface area contributed by atoms with E-state index in [0.29, 0.717) is 10.9 Å². The molecule has 0 spiro atoms. The maximum atomic E-state index is 11.8. The maximum Gasteiger partial charge on any atom is 0.412 e. The first-order valence-electron chi connectivity index (χ1n) is 4.19. The Hall–Kier alpha value is -0.800. The predicted molar refractivity (Wildman–Crippen MR) is 51.8 cm³/mol. The van der Waals surface area contributed by atoms with E-state index in [0.717, 1.165) is 0 Å². The summed E-state index contributed by atoms with van der Waals surface area (Å²) in [5.41, 5.74) is 0.670. The van der Waals surface area contributed by atoms with E-state index in [-0.39, 0.29) is 0 Å². The van der Waals surface area contributed by atoms with Gasteiger partial charge >= 0.3 is 6.18 Å². The fraction of sp³-hybridized carbons (Fsp3) is 0.333. The molecule has 1 unspecified atom stereocenters. The molecular formula is C9H10F3O2P. The van der Waals surface area contributed by atoms with Crippen LogP contribution in [0.25, 0.3) is 0 Å². The Kier molecular flexibility index (Phi) is 3.94. The smallest absolute Gasteiger partial charge is 0.318 e. The quantitative estimate of drug-likeness (QED) is 0.757. The summed E-state index contributed by atoms with van der Waals surface area (Å²) in [6.07, 6.45) is -4.44. The van der Waals surface area contributed by atoms with E-state index in [1.807, 2.05) is 0 Å². The number of rotatable bonds is 3. The molecule has 1 aromatic carbocycles. The number of hydrogen-bond acceptors (Lipinski definition) is 2. The maximum absolute atomic E-state index is 11.8. The van der Waals surface area contributed by atoms with Gasteiger partial charge in [-0.2, -0.15) is 13.2 Å². The number of benzene rings is 1. The van der Waals surface area contributed by atoms with E-state index >= 15 is 0 Å². The summed E-state index contributed by atoms with van der Waals surface area (Å²) in [6.45, 7) is 0.202. The van der Waals surface area contributed by atoms with Crippen molar-refractivity contribution in [3.8, 4) is 0 Å². The molecule has 15 heavy (non-hydrogen) atoms. The molecule has 0 aromatic heterocycles. The molecule has 84 valence electrons. The Morgan fingerprint density at radius 3 is 2.47 bits per heavy atom. The second-order valence-electron chi connectivity index (χ2n) is 3.01. The highest BCUT2D eigenvalue weighted by Crippen LogP contribution is 2.27. The molecule has 2 nitrogen and oxygen atoms in total. The van der Waals surface area contributed by atoms with Crippen LogP contribution in [0.4, 0.5) is 13.2 Å². The van der Waals surface area contributed by atoms with Gasteiger partial charge in [0.15, 0.2) is 0 Å². The zero-order valence-corrected chi connectivity index (χ0v) is 8.97. The van der Waals surface area contributed by atoms with Crippen molar-refractivity contribution in [3.63, 3.8) is 0 Å². The van der Waals surface area contributed by atoms with Crippen LogP contribution in [0.15, 0.2) is 24.3 Å². The normalized spacial score (nSPS) is 13.9. The van der Waals surface area contributed by atoms with Crippen LogP contribution in [0.5, 0.6) is 0 Å². The lowest BCUT2D eigenvalue weighted by Gasteiger charge is -2.08. The van der Waals surface area contributed by atoms with Gasteiger partial charge in [-0.25, -0.2) is 0 Å². The van der Waals surface area contributed by atoms with E-state index in [9.17, 15) is 17.7 Å². The minimum absolute atomic E-state index is 0.340. The molecule has 0 radical (unpaired) electrons. The lowest BCUT2D eigenvalue weighted by Crippen LogP contribution is -2.16. The van der Waals surface area contributed by atoms with Crippen LogP contribution in [-0.2, 0) is 9.09 Å². The lowest BCUT2D eigenvalue weighted by atomic mass is 10.2. The second kappa shape index (κ2) is 4.81. The summed E-state index contributed by atoms with van der Waals surface area (Å²) in [4.78, 5) is 0. The Morgan fingerprint density at radius 2 is 1.93 bits per heavy atom. The molecule has 1 rings (SSSR count). The van der Waals surface area contributed by atoms with Crippen molar-refractivity contribution >= 4 is 13.3 Å². The first-order valence-corrected chi connectivity index (χ1v) is 5.51. The molecule has 0 aliphatic heterocycles. The van der Waals surface area contributed by atoms with Crippen molar-refractivity contribution in [1.82, 2.24) is 0 Å². The zero-order chi connectivity index (χ0) is 11.5. The summed E-state index contributed by atoms with van der Waals surface area (Å²) < 4.78 is 51.0. The SMILES string of the molecule is Cc1ccccc1[PH](=O)OCC(F)(F)F. The fourth-order valence-corrected chi connectivity index (χ4v) is 2.11. The highest BCUT2D eigenvalue weighted by molar-refractivity contribution is 7.48. The minimum atomic E-state index is -4.44. The van der Waals surface area contributed by atoms with Gasteiger partial charge in [-0.3, -0.25) is 4.57 Å². The van der Waals surface area contributed by atoms with E-state index in [1.54, 1.807) is 25.1 Å². The minimum Gasteiger partial charge on any atom is -0.318 e. The summed E-state index contributed by atoms with van der Waals surface area (Å²) in [7, 11) is -2.80. The van der Waals surface area contributed by atoms with Crippen LogP contribution in [0.2, 0.25) is 0 Å². The van der Waals surface area contributed by atoms with Crippen molar-refractivity contribution in [2.75, 3.05) is 6.61 Å². The van der Waals surface area contributed by atoms with Gasteiger partial charge in [-0.1, -0.05) is 18.2 Å². The largest absolute Gasteiger partial charge is 0.412 e. The van der Waals surface area contributed by atoms with Crippen molar-refractivity contribution in [1.29, 1.82) is 0 Å². The van der Waals surface area contributed by atoms with Gasteiger partial charge in [0.2, 0.25) is 8.03 Å². The standard InChI is InChI=1S/C9H10F3O2P/c1-7-4-2-3-5-8(7)15(13)14-6-9(10,11)12/h2-5,15H,6H2,1H3. The van der Waals surface area contributed by atoms with Crippen LogP contribution in [0, 0.1) is 6.92 Å². The van der Waals surface area contributed by atoms with Crippen molar-refractivity contribution in [2.24, 2.45) is 0 Å². The third kappa shape index (κ3) is 4.06. The van der Waals surface area contributed by atoms with Gasteiger partial charge in [0.05, 0.1) is 0 Å². The van der Waals surface area contributed by atoms with Crippen LogP contribution in [0.1, 0.15) is 5.56 Å². The lowest BCUT2D eigenvalue weighted by molar-refractivity contribution is -0.152. The van der Waals surface area contributed by atoms with Crippen molar-refractivity contribution < 1.29 is 22.3 Å². The van der Waals surface area contributed by atoms with Gasteiger partial charge in [0, 0.05) is 5.30 Å². The van der Waals surface area contributed by atoms with Crippen LogP contribution in [-0.4, -0.2) is 12.8 Å². The second-order valence-corrected chi connectivity index (χ2v) is 4.41. The first-order chi connectivity index (χ1) is 6.90. The molecule has 0 aliphatic carbocycles. The summed E-state index contributed by atoms with van der Waals surface area (Å²) >= 11 is 0. The topological polar surface area (TPSA) is 26.3 Å². The van der Waals surface area contributed by atoms with Crippen LogP contribution < -0.4 is 5.30 Å². The molecule has 0 amide bonds. The molecule has 1 atom stereocenters. The van der Waals surface area contributed by atoms with Crippen molar-refractivity contribution in [2.45, 2.75) is 13.1 Å². The van der Waals surface area contributed by atoms with E-state index in [4.69, 9.17) is 0 Å². The average molecular weight is 238 g/mol. The number of halogens is 3. The highest BCUT2D eigenvalue weighted by atomic mass is 31.1. The summed E-state index contributed by atoms with van der Waals surface area (Å²) in [6, 6.07) is 6.52. The molecule has 0 bridgehead atoms. The molecule has 0 fully saturated rings. The van der Waals surface area contributed by atoms with Gasteiger partial charge < -0.3 is 4.52 Å². The van der Waals surface area contributed by atoms with Gasteiger partial charge in [-0.15, -0.1) is 0 Å². The molecule has 6 heteroatoms. The van der Waals surface area contributed by atoms with Crippen LogP contribution in [0.3, 0.4) is 0 Å². The molecular weight excluding hydrogens is 228 g/mol. The van der Waals surface area contributed by atoms with E-state index in [1.165, 1.54) is 6.07 Å². The van der Waals surface area contributed by atoms with Gasteiger partial charge in [-0.05, 0) is 18.6 Å². The van der Waals surface area contributed by atoms with E-state index < -0.39 is 20.8 Å². The monoisotopic (exact) mass is 238 g/mol. The first kappa shape index (κ1) is 12.3. The molecule has 0 aliphatic rings.